The van der Waals surface area contributed by atoms with Gasteiger partial charge in [0.15, 0.2) is 0 Å². The van der Waals surface area contributed by atoms with E-state index in [1.807, 2.05) is 72.8 Å². The van der Waals surface area contributed by atoms with Crippen molar-refractivity contribution in [3.63, 3.8) is 0 Å². The van der Waals surface area contributed by atoms with E-state index in [2.05, 4.69) is 0 Å². The van der Waals surface area contributed by atoms with Gasteiger partial charge in [0.1, 0.15) is 23.0 Å². The van der Waals surface area contributed by atoms with Crippen LogP contribution in [-0.4, -0.2) is 17.9 Å². The zero-order chi connectivity index (χ0) is 20.1. The smallest absolute Gasteiger partial charge is 0.526 e. The van der Waals surface area contributed by atoms with Crippen molar-refractivity contribution in [2.75, 3.05) is 0 Å². The van der Waals surface area contributed by atoms with Crippen molar-refractivity contribution >= 4 is 7.69 Å². The number of phenolic OH excluding ortho intramolecular Hbond substituents is 2. The molecule has 0 aliphatic rings. The zero-order valence-electron chi connectivity index (χ0n) is 15.5. The van der Waals surface area contributed by atoms with Crippen LogP contribution in [-0.2, 0) is 0 Å². The molecule has 2 N–H and O–H groups in total. The van der Waals surface area contributed by atoms with Gasteiger partial charge in [-0.1, -0.05) is 48.5 Å². The standard InChI is InChI=1S/C24H18BO4/c26-21-5-1-3-19(15-21)17-7-11-23(12-8-17)28-25-29-24-13-9-18(10-14-24)20-4-2-6-22(27)16-20/h1-16,26-27H. The van der Waals surface area contributed by atoms with Crippen molar-refractivity contribution in [2.45, 2.75) is 0 Å². The molecule has 0 heterocycles. The predicted molar refractivity (Wildman–Crippen MR) is 114 cm³/mol. The van der Waals surface area contributed by atoms with Gasteiger partial charge in [-0.15, -0.1) is 0 Å². The lowest BCUT2D eigenvalue weighted by Crippen LogP contribution is -2.10. The molecule has 0 aliphatic heterocycles. The van der Waals surface area contributed by atoms with Crippen LogP contribution in [0.25, 0.3) is 22.3 Å². The Balaban J connectivity index is 1.33. The Morgan fingerprint density at radius 1 is 0.483 bits per heavy atom. The minimum atomic E-state index is 0.236. The molecule has 0 atom stereocenters. The highest BCUT2D eigenvalue weighted by Crippen LogP contribution is 2.26. The second-order valence-corrected chi connectivity index (χ2v) is 6.48. The summed E-state index contributed by atoms with van der Waals surface area (Å²) in [6, 6.07) is 29.2. The van der Waals surface area contributed by atoms with Gasteiger partial charge in [-0.25, -0.2) is 0 Å². The van der Waals surface area contributed by atoms with Crippen LogP contribution in [0.4, 0.5) is 0 Å². The maximum absolute atomic E-state index is 9.59. The van der Waals surface area contributed by atoms with Gasteiger partial charge in [-0.3, -0.25) is 0 Å². The molecule has 4 aromatic carbocycles. The quantitative estimate of drug-likeness (QED) is 0.438. The Kier molecular flexibility index (Phi) is 5.39. The van der Waals surface area contributed by atoms with Crippen LogP contribution < -0.4 is 9.31 Å². The largest absolute Gasteiger partial charge is 0.658 e. The van der Waals surface area contributed by atoms with Crippen molar-refractivity contribution in [1.29, 1.82) is 0 Å². The number of aromatic hydroxyl groups is 2. The average molecular weight is 381 g/mol. The Labute approximate surface area is 169 Å². The second-order valence-electron chi connectivity index (χ2n) is 6.48. The molecule has 0 unspecified atom stereocenters. The zero-order valence-corrected chi connectivity index (χ0v) is 15.5. The summed E-state index contributed by atoms with van der Waals surface area (Å²) in [5.41, 5.74) is 3.83. The fourth-order valence-corrected chi connectivity index (χ4v) is 2.96. The molecule has 4 rings (SSSR count). The summed E-state index contributed by atoms with van der Waals surface area (Å²) < 4.78 is 11.1. The molecule has 0 saturated carbocycles. The predicted octanol–water partition coefficient (Wildman–Crippen LogP) is 5.42. The molecular weight excluding hydrogens is 363 g/mol. The normalized spacial score (nSPS) is 10.3. The molecule has 4 aromatic rings. The molecular formula is C24H18BO4. The summed E-state index contributed by atoms with van der Waals surface area (Å²) in [6.45, 7) is 0. The minimum Gasteiger partial charge on any atom is -0.526 e. The maximum Gasteiger partial charge on any atom is 0.658 e. The minimum absolute atomic E-state index is 0.236. The second kappa shape index (κ2) is 8.44. The highest BCUT2D eigenvalue weighted by molar-refractivity contribution is 6.20. The van der Waals surface area contributed by atoms with Gasteiger partial charge in [0, 0.05) is 0 Å². The lowest BCUT2D eigenvalue weighted by atomic mass is 10.1. The van der Waals surface area contributed by atoms with Crippen LogP contribution in [0, 0.1) is 0 Å². The third-order valence-electron chi connectivity index (χ3n) is 4.44. The molecule has 5 heteroatoms. The molecule has 0 spiro atoms. The van der Waals surface area contributed by atoms with Gasteiger partial charge in [-0.05, 0) is 70.8 Å². The molecule has 0 bridgehead atoms. The highest BCUT2D eigenvalue weighted by atomic mass is 16.6. The van der Waals surface area contributed by atoms with E-state index in [1.54, 1.807) is 24.3 Å². The third kappa shape index (κ3) is 4.71. The number of phenols is 2. The molecule has 0 saturated heterocycles. The van der Waals surface area contributed by atoms with Crippen molar-refractivity contribution < 1.29 is 19.5 Å². The van der Waals surface area contributed by atoms with Gasteiger partial charge >= 0.3 is 7.69 Å². The van der Waals surface area contributed by atoms with E-state index in [0.717, 1.165) is 22.3 Å². The summed E-state index contributed by atoms with van der Waals surface area (Å²) in [6.07, 6.45) is 0. The highest BCUT2D eigenvalue weighted by Gasteiger charge is 2.05. The van der Waals surface area contributed by atoms with Crippen LogP contribution in [0.5, 0.6) is 23.0 Å². The Morgan fingerprint density at radius 3 is 1.28 bits per heavy atom. The first-order valence-electron chi connectivity index (χ1n) is 9.11. The monoisotopic (exact) mass is 381 g/mol. The molecule has 0 fully saturated rings. The lowest BCUT2D eigenvalue weighted by Gasteiger charge is -2.09. The van der Waals surface area contributed by atoms with E-state index in [1.165, 1.54) is 7.69 Å². The molecule has 141 valence electrons. The van der Waals surface area contributed by atoms with Crippen LogP contribution in [0.15, 0.2) is 97.1 Å². The lowest BCUT2D eigenvalue weighted by molar-refractivity contribution is 0.459. The number of hydrogen-bond donors (Lipinski definition) is 2. The van der Waals surface area contributed by atoms with Gasteiger partial charge in [0.25, 0.3) is 0 Å². The molecule has 4 nitrogen and oxygen atoms in total. The molecule has 0 amide bonds. The molecule has 29 heavy (non-hydrogen) atoms. The fourth-order valence-electron chi connectivity index (χ4n) is 2.96. The number of hydrogen-bond acceptors (Lipinski definition) is 4. The number of rotatable bonds is 6. The summed E-state index contributed by atoms with van der Waals surface area (Å²) >= 11 is 0. The Morgan fingerprint density at radius 2 is 0.897 bits per heavy atom. The van der Waals surface area contributed by atoms with Crippen LogP contribution >= 0.6 is 0 Å². The van der Waals surface area contributed by atoms with Crippen molar-refractivity contribution in [3.05, 3.63) is 97.1 Å². The molecule has 0 aromatic heterocycles. The van der Waals surface area contributed by atoms with Gasteiger partial charge in [0.2, 0.25) is 0 Å². The van der Waals surface area contributed by atoms with E-state index in [0.29, 0.717) is 11.5 Å². The maximum atomic E-state index is 9.59. The Bertz CT molecular complexity index is 1000. The van der Waals surface area contributed by atoms with Crippen LogP contribution in [0.3, 0.4) is 0 Å². The van der Waals surface area contributed by atoms with Gasteiger partial charge in [-0.2, -0.15) is 0 Å². The molecule has 1 radical (unpaired) electrons. The fraction of sp³-hybridized carbons (Fsp3) is 0. The average Bonchev–Trinajstić information content (AvgIpc) is 2.75. The first-order chi connectivity index (χ1) is 14.2. The summed E-state index contributed by atoms with van der Waals surface area (Å²) in [7, 11) is 1.28. The van der Waals surface area contributed by atoms with E-state index in [-0.39, 0.29) is 11.5 Å². The van der Waals surface area contributed by atoms with Gasteiger partial charge in [0.05, 0.1) is 0 Å². The Hall–Kier alpha value is -3.86. The number of benzene rings is 4. The first-order valence-corrected chi connectivity index (χ1v) is 9.11. The van der Waals surface area contributed by atoms with E-state index in [4.69, 9.17) is 9.31 Å². The molecule has 0 aliphatic carbocycles. The van der Waals surface area contributed by atoms with Crippen LogP contribution in [0.1, 0.15) is 0 Å². The van der Waals surface area contributed by atoms with Crippen molar-refractivity contribution in [3.8, 4) is 45.3 Å². The van der Waals surface area contributed by atoms with Gasteiger partial charge < -0.3 is 19.5 Å². The SMILES string of the molecule is Oc1cccc(-c2ccc(O[B]Oc3ccc(-c4cccc(O)c4)cc3)cc2)c1. The topological polar surface area (TPSA) is 58.9 Å². The van der Waals surface area contributed by atoms with E-state index in [9.17, 15) is 10.2 Å². The summed E-state index contributed by atoms with van der Waals surface area (Å²) in [5.74, 6) is 1.76. The third-order valence-corrected chi connectivity index (χ3v) is 4.44. The van der Waals surface area contributed by atoms with Crippen molar-refractivity contribution in [1.82, 2.24) is 0 Å². The first kappa shape index (κ1) is 18.5. The summed E-state index contributed by atoms with van der Waals surface area (Å²) in [5, 5.41) is 19.2. The van der Waals surface area contributed by atoms with E-state index >= 15 is 0 Å². The van der Waals surface area contributed by atoms with Crippen molar-refractivity contribution in [2.24, 2.45) is 0 Å². The van der Waals surface area contributed by atoms with E-state index < -0.39 is 0 Å². The summed E-state index contributed by atoms with van der Waals surface area (Å²) in [4.78, 5) is 0. The van der Waals surface area contributed by atoms with Crippen LogP contribution in [0.2, 0.25) is 0 Å².